The molecular formula is C22H24O6. The van der Waals surface area contributed by atoms with E-state index in [0.717, 1.165) is 11.1 Å². The first kappa shape index (κ1) is 19.1. The first-order chi connectivity index (χ1) is 13.7. The molecule has 6 heteroatoms. The molecule has 0 spiro atoms. The van der Waals surface area contributed by atoms with Gasteiger partial charge in [0, 0.05) is 6.92 Å². The second-order valence-electron chi connectivity index (χ2n) is 6.97. The van der Waals surface area contributed by atoms with Crippen molar-refractivity contribution in [3.63, 3.8) is 0 Å². The maximum atomic E-state index is 11.7. The normalized spacial score (nSPS) is 28.8. The summed E-state index contributed by atoms with van der Waals surface area (Å²) < 4.78 is 29.5. The van der Waals surface area contributed by atoms with Crippen LogP contribution in [0.4, 0.5) is 0 Å². The molecule has 148 valence electrons. The molecular weight excluding hydrogens is 360 g/mol. The van der Waals surface area contributed by atoms with E-state index in [1.165, 1.54) is 6.92 Å². The molecule has 2 aliphatic rings. The van der Waals surface area contributed by atoms with Crippen molar-refractivity contribution in [2.24, 2.45) is 0 Å². The largest absolute Gasteiger partial charge is 0.454 e. The molecule has 0 saturated carbocycles. The molecule has 2 bridgehead atoms. The van der Waals surface area contributed by atoms with Crippen molar-refractivity contribution >= 4 is 5.97 Å². The molecule has 0 radical (unpaired) electrons. The van der Waals surface area contributed by atoms with Gasteiger partial charge in [-0.15, -0.1) is 0 Å². The van der Waals surface area contributed by atoms with Crippen LogP contribution in [-0.2, 0) is 41.7 Å². The fourth-order valence-electron chi connectivity index (χ4n) is 3.58. The van der Waals surface area contributed by atoms with Gasteiger partial charge in [0.1, 0.15) is 18.3 Å². The van der Waals surface area contributed by atoms with E-state index in [-0.39, 0.29) is 6.10 Å². The van der Waals surface area contributed by atoms with Gasteiger partial charge < -0.3 is 23.7 Å². The molecule has 4 rings (SSSR count). The molecule has 0 aromatic heterocycles. The Morgan fingerprint density at radius 3 is 2.04 bits per heavy atom. The maximum Gasteiger partial charge on any atom is 0.303 e. The Balaban J connectivity index is 1.51. The van der Waals surface area contributed by atoms with Gasteiger partial charge in [0.25, 0.3) is 0 Å². The van der Waals surface area contributed by atoms with Crippen molar-refractivity contribution in [3.8, 4) is 0 Å². The quantitative estimate of drug-likeness (QED) is 0.684. The zero-order valence-corrected chi connectivity index (χ0v) is 15.7. The molecule has 28 heavy (non-hydrogen) atoms. The van der Waals surface area contributed by atoms with Gasteiger partial charge in [0.15, 0.2) is 12.4 Å². The summed E-state index contributed by atoms with van der Waals surface area (Å²) in [5.41, 5.74) is 2.08. The van der Waals surface area contributed by atoms with Gasteiger partial charge in [0.2, 0.25) is 0 Å². The Morgan fingerprint density at radius 1 is 0.893 bits per heavy atom. The molecule has 5 atom stereocenters. The first-order valence-electron chi connectivity index (χ1n) is 9.46. The van der Waals surface area contributed by atoms with E-state index in [1.807, 2.05) is 60.7 Å². The van der Waals surface area contributed by atoms with Crippen molar-refractivity contribution in [2.45, 2.75) is 50.8 Å². The summed E-state index contributed by atoms with van der Waals surface area (Å²) in [5.74, 6) is -0.405. The van der Waals surface area contributed by atoms with Crippen LogP contribution in [-0.4, -0.2) is 43.3 Å². The number of ether oxygens (including phenoxy) is 5. The van der Waals surface area contributed by atoms with Gasteiger partial charge in [-0.05, 0) is 11.1 Å². The second-order valence-corrected chi connectivity index (χ2v) is 6.97. The van der Waals surface area contributed by atoms with Gasteiger partial charge in [0.05, 0.1) is 19.8 Å². The minimum atomic E-state index is -0.680. The smallest absolute Gasteiger partial charge is 0.303 e. The van der Waals surface area contributed by atoms with E-state index in [9.17, 15) is 4.79 Å². The summed E-state index contributed by atoms with van der Waals surface area (Å²) in [4.78, 5) is 11.7. The number of hydrogen-bond acceptors (Lipinski definition) is 6. The van der Waals surface area contributed by atoms with E-state index < -0.39 is 30.6 Å². The highest BCUT2D eigenvalue weighted by atomic mass is 16.8. The highest BCUT2D eigenvalue weighted by molar-refractivity contribution is 5.66. The third kappa shape index (κ3) is 4.42. The highest BCUT2D eigenvalue weighted by Crippen LogP contribution is 2.34. The SMILES string of the molecule is CC(=O)O[C@@H]1[C@@H]2OC[C@@H](O2)[C@@H](OCc2ccccc2)[C@@H]1OCc1ccccc1. The minimum Gasteiger partial charge on any atom is -0.454 e. The molecule has 0 aliphatic carbocycles. The lowest BCUT2D eigenvalue weighted by molar-refractivity contribution is -0.261. The number of esters is 1. The third-order valence-corrected chi connectivity index (χ3v) is 4.89. The Bertz CT molecular complexity index is 765. The zero-order chi connectivity index (χ0) is 19.3. The molecule has 2 aromatic carbocycles. The summed E-state index contributed by atoms with van der Waals surface area (Å²) in [5, 5.41) is 0. The van der Waals surface area contributed by atoms with Crippen LogP contribution in [0.5, 0.6) is 0 Å². The van der Waals surface area contributed by atoms with Crippen LogP contribution in [0.25, 0.3) is 0 Å². The molecule has 0 amide bonds. The zero-order valence-electron chi connectivity index (χ0n) is 15.7. The maximum absolute atomic E-state index is 11.7. The van der Waals surface area contributed by atoms with Crippen LogP contribution in [0.15, 0.2) is 60.7 Å². The van der Waals surface area contributed by atoms with Crippen molar-refractivity contribution in [1.29, 1.82) is 0 Å². The summed E-state index contributed by atoms with van der Waals surface area (Å²) >= 11 is 0. The lowest BCUT2D eigenvalue weighted by Gasteiger charge is -2.39. The summed E-state index contributed by atoms with van der Waals surface area (Å²) in [6.45, 7) is 2.55. The standard InChI is InChI=1S/C22H24O6/c1-15(23)27-21-20(25-13-17-10-6-3-7-11-17)19(18-14-26-22(21)28-18)24-12-16-8-4-2-5-9-16/h2-11,18-22H,12-14H2,1H3/t18-,19-,20+,21+,22-/m1/s1. The highest BCUT2D eigenvalue weighted by Gasteiger charge is 2.53. The number of fused-ring (bicyclic) bond motifs is 2. The molecule has 2 aliphatic heterocycles. The molecule has 2 aromatic rings. The molecule has 6 nitrogen and oxygen atoms in total. The third-order valence-electron chi connectivity index (χ3n) is 4.89. The topological polar surface area (TPSA) is 63.2 Å². The molecule has 2 saturated heterocycles. The van der Waals surface area contributed by atoms with Crippen LogP contribution >= 0.6 is 0 Å². The van der Waals surface area contributed by atoms with Gasteiger partial charge in [-0.25, -0.2) is 0 Å². The van der Waals surface area contributed by atoms with Gasteiger partial charge in [-0.3, -0.25) is 4.79 Å². The predicted octanol–water partition coefficient (Wildman–Crippen LogP) is 2.84. The van der Waals surface area contributed by atoms with E-state index >= 15 is 0 Å². The van der Waals surface area contributed by atoms with Crippen LogP contribution < -0.4 is 0 Å². The van der Waals surface area contributed by atoms with E-state index in [1.54, 1.807) is 0 Å². The average molecular weight is 384 g/mol. The van der Waals surface area contributed by atoms with Crippen molar-refractivity contribution in [1.82, 2.24) is 0 Å². The number of rotatable bonds is 7. The number of hydrogen-bond donors (Lipinski definition) is 0. The summed E-state index contributed by atoms with van der Waals surface area (Å²) in [6, 6.07) is 19.8. The lowest BCUT2D eigenvalue weighted by Crippen LogP contribution is -2.57. The molecule has 2 heterocycles. The Hall–Kier alpha value is -2.25. The van der Waals surface area contributed by atoms with E-state index in [4.69, 9.17) is 23.7 Å². The second kappa shape index (κ2) is 8.84. The molecule has 0 N–H and O–H groups in total. The van der Waals surface area contributed by atoms with Crippen molar-refractivity contribution in [3.05, 3.63) is 71.8 Å². The van der Waals surface area contributed by atoms with Crippen LogP contribution in [0, 0.1) is 0 Å². The Labute approximate surface area is 164 Å². The average Bonchev–Trinajstić information content (AvgIpc) is 3.15. The Kier molecular flexibility index (Phi) is 6.02. The number of carbonyl (C=O) groups is 1. The van der Waals surface area contributed by atoms with Crippen LogP contribution in [0.3, 0.4) is 0 Å². The van der Waals surface area contributed by atoms with Gasteiger partial charge in [-0.1, -0.05) is 60.7 Å². The van der Waals surface area contributed by atoms with Gasteiger partial charge >= 0.3 is 5.97 Å². The lowest BCUT2D eigenvalue weighted by atomic mass is 10.00. The molecule has 2 fully saturated rings. The van der Waals surface area contributed by atoms with E-state index in [2.05, 4.69) is 0 Å². The van der Waals surface area contributed by atoms with Crippen LogP contribution in [0.1, 0.15) is 18.1 Å². The van der Waals surface area contributed by atoms with Crippen LogP contribution in [0.2, 0.25) is 0 Å². The fourth-order valence-corrected chi connectivity index (χ4v) is 3.58. The van der Waals surface area contributed by atoms with E-state index in [0.29, 0.717) is 19.8 Å². The fraction of sp³-hybridized carbons (Fsp3) is 0.409. The van der Waals surface area contributed by atoms with Gasteiger partial charge in [-0.2, -0.15) is 0 Å². The number of benzene rings is 2. The summed E-state index contributed by atoms with van der Waals surface area (Å²) in [6.07, 6.45) is -2.47. The van der Waals surface area contributed by atoms with Crippen molar-refractivity contribution < 1.29 is 28.5 Å². The Morgan fingerprint density at radius 2 is 1.46 bits per heavy atom. The monoisotopic (exact) mass is 384 g/mol. The predicted molar refractivity (Wildman–Crippen MR) is 100 cm³/mol. The first-order valence-corrected chi connectivity index (χ1v) is 9.46. The summed E-state index contributed by atoms with van der Waals surface area (Å²) in [7, 11) is 0. The van der Waals surface area contributed by atoms with Crippen molar-refractivity contribution in [2.75, 3.05) is 6.61 Å². The minimum absolute atomic E-state index is 0.263. The number of carbonyl (C=O) groups excluding carboxylic acids is 1. The molecule has 0 unspecified atom stereocenters.